The SMILES string of the molecule is CCOC(=O)c1cn2c(cc1=O)-c1cc(OCC)c(OCC)cc1CC2CN1Oc2ccccc2O1. The van der Waals surface area contributed by atoms with E-state index in [1.807, 2.05) is 54.8 Å². The van der Waals surface area contributed by atoms with Crippen molar-refractivity contribution in [1.29, 1.82) is 0 Å². The predicted octanol–water partition coefficient (Wildman–Crippen LogP) is 4.19. The van der Waals surface area contributed by atoms with Gasteiger partial charge in [0, 0.05) is 23.1 Å². The van der Waals surface area contributed by atoms with E-state index in [4.69, 9.17) is 23.9 Å². The number of hydrogen-bond donors (Lipinski definition) is 0. The maximum Gasteiger partial charge on any atom is 0.343 e. The van der Waals surface area contributed by atoms with Gasteiger partial charge in [0.15, 0.2) is 28.4 Å². The molecule has 3 heterocycles. The minimum Gasteiger partial charge on any atom is -0.490 e. The minimum atomic E-state index is -0.648. The molecule has 0 saturated carbocycles. The van der Waals surface area contributed by atoms with E-state index in [0.717, 1.165) is 11.1 Å². The Kier molecular flexibility index (Phi) is 6.56. The fraction of sp³-hybridized carbons (Fsp3) is 0.333. The lowest BCUT2D eigenvalue weighted by atomic mass is 9.91. The average molecular weight is 493 g/mol. The Morgan fingerprint density at radius 1 is 0.972 bits per heavy atom. The number of carbonyl (C=O) groups is 1. The van der Waals surface area contributed by atoms with Gasteiger partial charge in [0.2, 0.25) is 0 Å². The smallest absolute Gasteiger partial charge is 0.343 e. The summed E-state index contributed by atoms with van der Waals surface area (Å²) in [5.74, 6) is 1.86. The lowest BCUT2D eigenvalue weighted by Crippen LogP contribution is -2.36. The molecular weight excluding hydrogens is 464 g/mol. The summed E-state index contributed by atoms with van der Waals surface area (Å²) >= 11 is 0. The van der Waals surface area contributed by atoms with E-state index in [1.165, 1.54) is 11.3 Å². The quantitative estimate of drug-likeness (QED) is 0.433. The molecule has 0 fully saturated rings. The van der Waals surface area contributed by atoms with Crippen molar-refractivity contribution in [1.82, 2.24) is 9.79 Å². The Morgan fingerprint density at radius 2 is 1.64 bits per heavy atom. The molecule has 1 aromatic heterocycles. The summed E-state index contributed by atoms with van der Waals surface area (Å²) in [6.07, 6.45) is 2.16. The van der Waals surface area contributed by atoms with Gasteiger partial charge in [-0.1, -0.05) is 12.1 Å². The van der Waals surface area contributed by atoms with E-state index in [0.29, 0.717) is 54.9 Å². The first kappa shape index (κ1) is 23.7. The molecule has 0 bridgehead atoms. The number of benzene rings is 2. The van der Waals surface area contributed by atoms with Crippen molar-refractivity contribution < 1.29 is 28.7 Å². The zero-order valence-corrected chi connectivity index (χ0v) is 20.5. The van der Waals surface area contributed by atoms with Crippen LogP contribution in [0.2, 0.25) is 0 Å². The third-order valence-electron chi connectivity index (χ3n) is 6.08. The molecule has 0 saturated heterocycles. The molecule has 0 aliphatic carbocycles. The van der Waals surface area contributed by atoms with E-state index in [2.05, 4.69) is 0 Å². The Balaban J connectivity index is 1.58. The van der Waals surface area contributed by atoms with Crippen LogP contribution in [0.1, 0.15) is 42.7 Å². The topological polar surface area (TPSA) is 88.5 Å². The van der Waals surface area contributed by atoms with Crippen molar-refractivity contribution in [2.75, 3.05) is 26.4 Å². The standard InChI is InChI=1S/C27H28N2O7/c1-4-32-25-12-17-11-18(15-29-35-23-9-7-8-10-24(23)36-29)28-16-20(27(31)34-6-3)22(30)14-21(28)19(17)13-26(25)33-5-2/h7-10,12-14,16,18H,4-6,11,15H2,1-3H3. The molecular formula is C27H28N2O7. The molecule has 3 aromatic rings. The molecule has 1 unspecified atom stereocenters. The summed E-state index contributed by atoms with van der Waals surface area (Å²) in [5.41, 5.74) is 2.08. The Bertz CT molecular complexity index is 1330. The number of rotatable bonds is 8. The molecule has 2 aromatic carbocycles. The molecule has 9 nitrogen and oxygen atoms in total. The van der Waals surface area contributed by atoms with Crippen LogP contribution < -0.4 is 24.6 Å². The number of pyridine rings is 1. The second-order valence-corrected chi connectivity index (χ2v) is 8.39. The average Bonchev–Trinajstić information content (AvgIpc) is 3.27. The van der Waals surface area contributed by atoms with Crippen LogP contribution in [0.15, 0.2) is 53.5 Å². The number of aromatic nitrogens is 1. The summed E-state index contributed by atoms with van der Waals surface area (Å²) in [6.45, 7) is 7.02. The molecule has 1 atom stereocenters. The maximum atomic E-state index is 13.0. The molecule has 5 rings (SSSR count). The molecule has 2 aliphatic rings. The Morgan fingerprint density at radius 3 is 2.28 bits per heavy atom. The molecule has 0 amide bonds. The maximum absolute atomic E-state index is 13.0. The highest BCUT2D eigenvalue weighted by Gasteiger charge is 2.32. The van der Waals surface area contributed by atoms with Gasteiger partial charge in [0.25, 0.3) is 0 Å². The van der Waals surface area contributed by atoms with Gasteiger partial charge >= 0.3 is 5.97 Å². The molecule has 36 heavy (non-hydrogen) atoms. The van der Waals surface area contributed by atoms with Gasteiger partial charge in [-0.25, -0.2) is 4.79 Å². The monoisotopic (exact) mass is 492 g/mol. The molecule has 2 aliphatic heterocycles. The summed E-state index contributed by atoms with van der Waals surface area (Å²) < 4.78 is 18.7. The van der Waals surface area contributed by atoms with Crippen LogP contribution >= 0.6 is 0 Å². The number of ether oxygens (including phenoxy) is 3. The predicted molar refractivity (Wildman–Crippen MR) is 132 cm³/mol. The normalized spacial score (nSPS) is 15.7. The highest BCUT2D eigenvalue weighted by Crippen LogP contribution is 2.42. The first-order valence-electron chi connectivity index (χ1n) is 12.1. The van der Waals surface area contributed by atoms with E-state index < -0.39 is 11.4 Å². The molecule has 0 spiro atoms. The van der Waals surface area contributed by atoms with Gasteiger partial charge in [0.1, 0.15) is 5.56 Å². The number of nitrogens with zero attached hydrogens (tertiary/aromatic N) is 2. The van der Waals surface area contributed by atoms with E-state index >= 15 is 0 Å². The van der Waals surface area contributed by atoms with Crippen molar-refractivity contribution >= 4 is 5.97 Å². The van der Waals surface area contributed by atoms with Gasteiger partial charge in [-0.2, -0.15) is 0 Å². The highest BCUT2D eigenvalue weighted by atomic mass is 17.0. The van der Waals surface area contributed by atoms with Crippen LogP contribution in [0.25, 0.3) is 11.3 Å². The van der Waals surface area contributed by atoms with Crippen molar-refractivity contribution in [3.05, 3.63) is 70.0 Å². The third kappa shape index (κ3) is 4.37. The highest BCUT2D eigenvalue weighted by molar-refractivity contribution is 5.89. The van der Waals surface area contributed by atoms with E-state index in [1.54, 1.807) is 13.1 Å². The van der Waals surface area contributed by atoms with E-state index in [-0.39, 0.29) is 18.2 Å². The van der Waals surface area contributed by atoms with Crippen LogP contribution in [0, 0.1) is 0 Å². The van der Waals surface area contributed by atoms with Crippen LogP contribution in [0.5, 0.6) is 23.0 Å². The van der Waals surface area contributed by atoms with Crippen molar-refractivity contribution in [2.45, 2.75) is 33.2 Å². The summed E-state index contributed by atoms with van der Waals surface area (Å²) in [6, 6.07) is 12.5. The van der Waals surface area contributed by atoms with Crippen molar-refractivity contribution in [2.24, 2.45) is 0 Å². The Labute approximate surface area is 208 Å². The minimum absolute atomic E-state index is 0.0171. The molecule has 0 radical (unpaired) electrons. The van der Waals surface area contributed by atoms with E-state index in [9.17, 15) is 9.59 Å². The fourth-order valence-corrected chi connectivity index (χ4v) is 4.57. The third-order valence-corrected chi connectivity index (χ3v) is 6.08. The lowest BCUT2D eigenvalue weighted by molar-refractivity contribution is -0.231. The number of carbonyl (C=O) groups excluding carboxylic acids is 1. The van der Waals surface area contributed by atoms with Crippen LogP contribution in [0.3, 0.4) is 0 Å². The van der Waals surface area contributed by atoms with Gasteiger partial charge < -0.3 is 28.5 Å². The van der Waals surface area contributed by atoms with Crippen molar-refractivity contribution in [3.63, 3.8) is 0 Å². The summed E-state index contributed by atoms with van der Waals surface area (Å²) in [4.78, 5) is 37.2. The molecule has 188 valence electrons. The first-order chi connectivity index (χ1) is 17.5. The van der Waals surface area contributed by atoms with Gasteiger partial charge in [-0.3, -0.25) is 4.79 Å². The molecule has 0 N–H and O–H groups in total. The van der Waals surface area contributed by atoms with Gasteiger partial charge in [0.05, 0.1) is 38.1 Å². The van der Waals surface area contributed by atoms with Crippen LogP contribution in [-0.2, 0) is 11.2 Å². The number of para-hydroxylation sites is 2. The summed E-state index contributed by atoms with van der Waals surface area (Å²) in [7, 11) is 0. The zero-order chi connectivity index (χ0) is 25.2. The lowest BCUT2D eigenvalue weighted by Gasteiger charge is -2.32. The second-order valence-electron chi connectivity index (χ2n) is 8.39. The summed E-state index contributed by atoms with van der Waals surface area (Å²) in [5, 5.41) is 1.42. The second kappa shape index (κ2) is 9.94. The molecule has 9 heteroatoms. The van der Waals surface area contributed by atoms with Crippen LogP contribution in [0.4, 0.5) is 0 Å². The van der Waals surface area contributed by atoms with Crippen molar-refractivity contribution in [3.8, 4) is 34.3 Å². The Hall–Kier alpha value is -3.98. The number of hydrogen-bond acceptors (Lipinski definition) is 8. The van der Waals surface area contributed by atoms with Gasteiger partial charge in [-0.05, 0) is 57.0 Å². The number of fused-ring (bicyclic) bond motifs is 4. The number of hydroxylamine groups is 2. The number of esters is 1. The van der Waals surface area contributed by atoms with Crippen LogP contribution in [-0.4, -0.2) is 42.1 Å². The first-order valence-corrected chi connectivity index (χ1v) is 12.1. The largest absolute Gasteiger partial charge is 0.490 e. The van der Waals surface area contributed by atoms with Gasteiger partial charge in [-0.15, -0.1) is 0 Å². The zero-order valence-electron chi connectivity index (χ0n) is 20.5. The fourth-order valence-electron chi connectivity index (χ4n) is 4.57.